The Morgan fingerprint density at radius 3 is 2.80 bits per heavy atom. The summed E-state index contributed by atoms with van der Waals surface area (Å²) in [6, 6.07) is 11.1. The summed E-state index contributed by atoms with van der Waals surface area (Å²) in [7, 11) is 0. The van der Waals surface area contributed by atoms with Gasteiger partial charge in [-0.25, -0.2) is 4.98 Å². The Morgan fingerprint density at radius 1 is 1.25 bits per heavy atom. The van der Waals surface area contributed by atoms with Crippen LogP contribution < -0.4 is 0 Å². The first-order chi connectivity index (χ1) is 9.81. The third kappa shape index (κ3) is 1.93. The van der Waals surface area contributed by atoms with Crippen molar-refractivity contribution >= 4 is 11.3 Å². The highest BCUT2D eigenvalue weighted by atomic mass is 16.1. The van der Waals surface area contributed by atoms with E-state index >= 15 is 0 Å². The molecule has 0 spiro atoms. The van der Waals surface area contributed by atoms with E-state index in [9.17, 15) is 4.79 Å². The summed E-state index contributed by atoms with van der Waals surface area (Å²) < 4.78 is 1.85. The van der Waals surface area contributed by atoms with E-state index in [0.29, 0.717) is 17.0 Å². The normalized spacial score (nSPS) is 10.3. The summed E-state index contributed by atoms with van der Waals surface area (Å²) in [5, 5.41) is 8.68. The van der Waals surface area contributed by atoms with Crippen molar-refractivity contribution in [3.63, 3.8) is 0 Å². The van der Waals surface area contributed by atoms with Gasteiger partial charge < -0.3 is 0 Å². The molecule has 5 nitrogen and oxygen atoms in total. The minimum Gasteiger partial charge on any atom is -0.299 e. The third-order valence-electron chi connectivity index (χ3n) is 2.99. The van der Waals surface area contributed by atoms with Gasteiger partial charge in [-0.3, -0.25) is 14.2 Å². The second kappa shape index (κ2) is 4.94. The third-order valence-corrected chi connectivity index (χ3v) is 2.99. The number of rotatable bonds is 3. The van der Waals surface area contributed by atoms with Crippen molar-refractivity contribution in [2.45, 2.75) is 6.42 Å². The van der Waals surface area contributed by atoms with E-state index in [1.165, 1.54) is 0 Å². The number of imidazole rings is 1. The van der Waals surface area contributed by atoms with Gasteiger partial charge in [0.25, 0.3) is 0 Å². The molecule has 0 N–H and O–H groups in total. The number of nitrogens with zero attached hydrogens (tertiary/aromatic N) is 4. The zero-order valence-electron chi connectivity index (χ0n) is 10.5. The maximum absolute atomic E-state index is 12.0. The number of pyridine rings is 2. The van der Waals surface area contributed by atoms with Crippen molar-refractivity contribution < 1.29 is 4.79 Å². The van der Waals surface area contributed by atoms with Gasteiger partial charge >= 0.3 is 0 Å². The summed E-state index contributed by atoms with van der Waals surface area (Å²) in [6.07, 6.45) is 5.03. The molecule has 20 heavy (non-hydrogen) atoms. The number of nitriles is 1. The van der Waals surface area contributed by atoms with Crippen LogP contribution in [0.2, 0.25) is 0 Å². The Kier molecular flexibility index (Phi) is 2.98. The molecule has 0 aromatic carbocycles. The number of aromatic nitrogens is 3. The molecule has 3 aromatic heterocycles. The molecule has 3 aromatic rings. The number of hydrogen-bond donors (Lipinski definition) is 0. The molecule has 3 rings (SSSR count). The van der Waals surface area contributed by atoms with E-state index in [-0.39, 0.29) is 12.2 Å². The van der Waals surface area contributed by atoms with Gasteiger partial charge in [-0.05, 0) is 24.3 Å². The van der Waals surface area contributed by atoms with Crippen LogP contribution in [0.3, 0.4) is 0 Å². The minimum atomic E-state index is -0.267. The van der Waals surface area contributed by atoms with Crippen LogP contribution in [0, 0.1) is 11.3 Å². The van der Waals surface area contributed by atoms with Crippen LogP contribution in [-0.2, 0) is 0 Å². The highest BCUT2D eigenvalue weighted by molar-refractivity contribution is 6.02. The Hall–Kier alpha value is -3.00. The van der Waals surface area contributed by atoms with Gasteiger partial charge in [-0.2, -0.15) is 5.26 Å². The first-order valence-electron chi connectivity index (χ1n) is 6.09. The monoisotopic (exact) mass is 262 g/mol. The van der Waals surface area contributed by atoms with E-state index in [1.54, 1.807) is 12.4 Å². The molecule has 0 fully saturated rings. The van der Waals surface area contributed by atoms with Gasteiger partial charge in [0.05, 0.1) is 11.6 Å². The van der Waals surface area contributed by atoms with Gasteiger partial charge in [0.1, 0.15) is 17.9 Å². The minimum absolute atomic E-state index is 0.169. The van der Waals surface area contributed by atoms with Gasteiger partial charge in [-0.1, -0.05) is 6.07 Å². The fraction of sp³-hybridized carbons (Fsp3) is 0.0667. The summed E-state index contributed by atoms with van der Waals surface area (Å²) in [6.45, 7) is 0. The zero-order valence-corrected chi connectivity index (χ0v) is 10.5. The van der Waals surface area contributed by atoms with Crippen LogP contribution in [0.4, 0.5) is 0 Å². The topological polar surface area (TPSA) is 71.0 Å². The van der Waals surface area contributed by atoms with Crippen LogP contribution in [0.25, 0.3) is 16.9 Å². The van der Waals surface area contributed by atoms with E-state index in [2.05, 4.69) is 9.97 Å². The van der Waals surface area contributed by atoms with Crippen molar-refractivity contribution in [3.05, 3.63) is 54.6 Å². The quantitative estimate of drug-likeness (QED) is 0.680. The van der Waals surface area contributed by atoms with E-state index in [0.717, 1.165) is 5.56 Å². The lowest BCUT2D eigenvalue weighted by atomic mass is 10.2. The SMILES string of the molecule is N#CCC(=O)c1nc(-c2ccncc2)n2ccccc12. The van der Waals surface area contributed by atoms with Gasteiger partial charge in [0, 0.05) is 24.2 Å². The number of hydrogen-bond acceptors (Lipinski definition) is 4. The van der Waals surface area contributed by atoms with E-state index < -0.39 is 0 Å². The van der Waals surface area contributed by atoms with Crippen LogP contribution in [0.15, 0.2) is 48.9 Å². The molecule has 0 saturated heterocycles. The Bertz CT molecular complexity index is 815. The van der Waals surface area contributed by atoms with Crippen molar-refractivity contribution in [3.8, 4) is 17.5 Å². The molecule has 0 radical (unpaired) electrons. The standard InChI is InChI=1S/C15H10N4O/c16-7-4-13(20)14-12-3-1-2-10-19(12)15(18-14)11-5-8-17-9-6-11/h1-3,5-6,8-10H,4H2. The second-order valence-electron chi connectivity index (χ2n) is 4.23. The average molecular weight is 262 g/mol. The lowest BCUT2D eigenvalue weighted by Crippen LogP contribution is -1.98. The Balaban J connectivity index is 2.25. The predicted molar refractivity (Wildman–Crippen MR) is 73.0 cm³/mol. The Morgan fingerprint density at radius 2 is 2.05 bits per heavy atom. The van der Waals surface area contributed by atoms with Gasteiger partial charge in [0.2, 0.25) is 0 Å². The fourth-order valence-electron chi connectivity index (χ4n) is 2.10. The number of Topliss-reactive ketones (excluding diaryl/α,β-unsaturated/α-hetero) is 1. The summed E-state index contributed by atoms with van der Waals surface area (Å²) >= 11 is 0. The summed E-state index contributed by atoms with van der Waals surface area (Å²) in [5.74, 6) is 0.404. The number of carbonyl (C=O) groups is 1. The smallest absolute Gasteiger partial charge is 0.197 e. The first kappa shape index (κ1) is 12.1. The molecule has 3 heterocycles. The molecule has 0 bridgehead atoms. The van der Waals surface area contributed by atoms with E-state index in [4.69, 9.17) is 5.26 Å². The molecule has 0 aliphatic carbocycles. The van der Waals surface area contributed by atoms with Crippen LogP contribution in [0.5, 0.6) is 0 Å². The molecule has 96 valence electrons. The number of carbonyl (C=O) groups excluding carboxylic acids is 1. The Labute approximate surface area is 115 Å². The summed E-state index contributed by atoms with van der Waals surface area (Å²) in [5.41, 5.74) is 1.91. The van der Waals surface area contributed by atoms with Crippen molar-refractivity contribution in [1.82, 2.24) is 14.4 Å². The fourth-order valence-corrected chi connectivity index (χ4v) is 2.10. The highest BCUT2D eigenvalue weighted by Crippen LogP contribution is 2.22. The second-order valence-corrected chi connectivity index (χ2v) is 4.23. The van der Waals surface area contributed by atoms with Gasteiger partial charge in [-0.15, -0.1) is 0 Å². The average Bonchev–Trinajstić information content (AvgIpc) is 2.88. The molecule has 0 atom stereocenters. The number of ketones is 1. The van der Waals surface area contributed by atoms with Crippen LogP contribution >= 0.6 is 0 Å². The van der Waals surface area contributed by atoms with Gasteiger partial charge in [0.15, 0.2) is 5.78 Å². The van der Waals surface area contributed by atoms with Crippen molar-refractivity contribution in [2.75, 3.05) is 0 Å². The zero-order chi connectivity index (χ0) is 13.9. The molecular formula is C15H10N4O. The van der Waals surface area contributed by atoms with Crippen LogP contribution in [-0.4, -0.2) is 20.2 Å². The molecular weight excluding hydrogens is 252 g/mol. The van der Waals surface area contributed by atoms with E-state index in [1.807, 2.05) is 47.0 Å². The van der Waals surface area contributed by atoms with Crippen molar-refractivity contribution in [1.29, 1.82) is 5.26 Å². The predicted octanol–water partition coefficient (Wildman–Crippen LogP) is 2.49. The maximum atomic E-state index is 12.0. The largest absolute Gasteiger partial charge is 0.299 e. The number of fused-ring (bicyclic) bond motifs is 1. The molecule has 0 aliphatic heterocycles. The first-order valence-corrected chi connectivity index (χ1v) is 6.09. The maximum Gasteiger partial charge on any atom is 0.197 e. The van der Waals surface area contributed by atoms with Crippen molar-refractivity contribution in [2.24, 2.45) is 0 Å². The molecule has 0 aliphatic rings. The molecule has 0 saturated carbocycles. The lowest BCUT2D eigenvalue weighted by Gasteiger charge is -1.99. The van der Waals surface area contributed by atoms with Crippen LogP contribution in [0.1, 0.15) is 16.9 Å². The molecule has 0 amide bonds. The molecule has 5 heteroatoms. The summed E-state index contributed by atoms with van der Waals surface area (Å²) in [4.78, 5) is 20.4. The lowest BCUT2D eigenvalue weighted by molar-refractivity contribution is 0.0995. The highest BCUT2D eigenvalue weighted by Gasteiger charge is 2.17. The molecule has 0 unspecified atom stereocenters.